The molecule has 0 radical (unpaired) electrons. The predicted molar refractivity (Wildman–Crippen MR) is 103 cm³/mol. The van der Waals surface area contributed by atoms with Gasteiger partial charge in [-0.1, -0.05) is 49.1 Å². The van der Waals surface area contributed by atoms with Crippen LogP contribution in [0.15, 0.2) is 67.0 Å². The van der Waals surface area contributed by atoms with Gasteiger partial charge in [0.1, 0.15) is 5.70 Å². The summed E-state index contributed by atoms with van der Waals surface area (Å²) in [7, 11) is 1.92. The molecule has 5 heteroatoms. The number of amides is 2. The standard InChI is InChI=1S/C21H17N3O2/c1-3-13-8-4-6-10-16(13)22-19-18(20(25)23-21(19)26)15-12-24(2)17-11-7-5-9-14(15)17/h3-12H,1H2,2H3,(H2,22,23,25,26). The van der Waals surface area contributed by atoms with Crippen LogP contribution >= 0.6 is 0 Å². The maximum atomic E-state index is 12.5. The van der Waals surface area contributed by atoms with Crippen molar-refractivity contribution in [3.8, 4) is 0 Å². The molecule has 2 heterocycles. The van der Waals surface area contributed by atoms with Crippen molar-refractivity contribution in [1.82, 2.24) is 9.88 Å². The second-order valence-electron chi connectivity index (χ2n) is 6.12. The number of carbonyl (C=O) groups is 2. The molecular weight excluding hydrogens is 326 g/mol. The van der Waals surface area contributed by atoms with Crippen molar-refractivity contribution in [3.63, 3.8) is 0 Å². The number of fused-ring (bicyclic) bond motifs is 1. The van der Waals surface area contributed by atoms with Gasteiger partial charge in [0, 0.05) is 35.4 Å². The van der Waals surface area contributed by atoms with Gasteiger partial charge in [-0.2, -0.15) is 0 Å². The monoisotopic (exact) mass is 343 g/mol. The molecule has 128 valence electrons. The Morgan fingerprint density at radius 1 is 1.04 bits per heavy atom. The molecule has 0 spiro atoms. The molecule has 2 aromatic carbocycles. The third-order valence-electron chi connectivity index (χ3n) is 4.54. The van der Waals surface area contributed by atoms with E-state index in [1.165, 1.54) is 0 Å². The van der Waals surface area contributed by atoms with Crippen LogP contribution in [0.4, 0.5) is 5.69 Å². The van der Waals surface area contributed by atoms with E-state index >= 15 is 0 Å². The molecule has 0 saturated heterocycles. The molecule has 4 rings (SSSR count). The molecule has 0 fully saturated rings. The second-order valence-corrected chi connectivity index (χ2v) is 6.12. The Bertz CT molecular complexity index is 1110. The van der Waals surface area contributed by atoms with Crippen molar-refractivity contribution >= 4 is 40.1 Å². The van der Waals surface area contributed by atoms with Gasteiger partial charge in [0.05, 0.1) is 5.57 Å². The number of aryl methyl sites for hydroxylation is 1. The molecular formula is C21H17N3O2. The first-order valence-corrected chi connectivity index (χ1v) is 8.23. The molecule has 0 bridgehead atoms. The Hall–Kier alpha value is -3.60. The van der Waals surface area contributed by atoms with Crippen LogP contribution in [0.5, 0.6) is 0 Å². The van der Waals surface area contributed by atoms with Gasteiger partial charge >= 0.3 is 0 Å². The Balaban J connectivity index is 1.91. The average molecular weight is 343 g/mol. The molecule has 0 saturated carbocycles. The number of hydrogen-bond donors (Lipinski definition) is 2. The zero-order valence-electron chi connectivity index (χ0n) is 14.2. The SMILES string of the molecule is C=Cc1ccccc1NC1=C(c2cn(C)c3ccccc23)C(=O)NC1=O. The lowest BCUT2D eigenvalue weighted by Crippen LogP contribution is -2.24. The van der Waals surface area contributed by atoms with E-state index in [4.69, 9.17) is 0 Å². The van der Waals surface area contributed by atoms with Gasteiger partial charge in [0.2, 0.25) is 0 Å². The molecule has 3 aromatic rings. The van der Waals surface area contributed by atoms with Crippen LogP contribution in [0, 0.1) is 0 Å². The molecule has 5 nitrogen and oxygen atoms in total. The molecule has 2 N–H and O–H groups in total. The first kappa shape index (κ1) is 15.9. The van der Waals surface area contributed by atoms with Gasteiger partial charge in [-0.25, -0.2) is 0 Å². The van der Waals surface area contributed by atoms with Crippen molar-refractivity contribution in [3.05, 3.63) is 78.1 Å². The first-order chi connectivity index (χ1) is 12.6. The number of aromatic nitrogens is 1. The van der Waals surface area contributed by atoms with Gasteiger partial charge in [0.25, 0.3) is 11.8 Å². The minimum Gasteiger partial charge on any atom is -0.350 e. The van der Waals surface area contributed by atoms with Gasteiger partial charge in [0.15, 0.2) is 0 Å². The Morgan fingerprint density at radius 2 is 1.77 bits per heavy atom. The van der Waals surface area contributed by atoms with Crippen LogP contribution in [-0.2, 0) is 16.6 Å². The molecule has 0 atom stereocenters. The lowest BCUT2D eigenvalue weighted by molar-refractivity contribution is -0.123. The summed E-state index contributed by atoms with van der Waals surface area (Å²) in [6, 6.07) is 15.3. The quantitative estimate of drug-likeness (QED) is 0.715. The summed E-state index contributed by atoms with van der Waals surface area (Å²) >= 11 is 0. The van der Waals surface area contributed by atoms with Crippen molar-refractivity contribution < 1.29 is 9.59 Å². The van der Waals surface area contributed by atoms with Gasteiger partial charge in [-0.3, -0.25) is 14.9 Å². The topological polar surface area (TPSA) is 63.1 Å². The number of carbonyl (C=O) groups excluding carboxylic acids is 2. The summed E-state index contributed by atoms with van der Waals surface area (Å²) < 4.78 is 1.95. The van der Waals surface area contributed by atoms with E-state index in [9.17, 15) is 9.59 Å². The highest BCUT2D eigenvalue weighted by Gasteiger charge is 2.33. The number of benzene rings is 2. The number of imide groups is 1. The van der Waals surface area contributed by atoms with Crippen LogP contribution in [0.3, 0.4) is 0 Å². The molecule has 0 unspecified atom stereocenters. The van der Waals surface area contributed by atoms with Crippen LogP contribution in [0.2, 0.25) is 0 Å². The molecule has 1 aliphatic heterocycles. The van der Waals surface area contributed by atoms with Gasteiger partial charge in [-0.15, -0.1) is 0 Å². The summed E-state index contributed by atoms with van der Waals surface area (Å²) in [4.78, 5) is 25.0. The molecule has 2 amide bonds. The third kappa shape index (κ3) is 2.41. The Labute approximate surface area is 150 Å². The van der Waals surface area contributed by atoms with Crippen molar-refractivity contribution in [1.29, 1.82) is 0 Å². The number of nitrogens with one attached hydrogen (secondary N) is 2. The fourth-order valence-corrected chi connectivity index (χ4v) is 3.30. The van der Waals surface area contributed by atoms with Gasteiger partial charge in [-0.05, 0) is 17.7 Å². The zero-order valence-corrected chi connectivity index (χ0v) is 14.2. The van der Waals surface area contributed by atoms with E-state index in [0.717, 1.165) is 27.7 Å². The minimum absolute atomic E-state index is 0.251. The fourth-order valence-electron chi connectivity index (χ4n) is 3.30. The number of anilines is 1. The van der Waals surface area contributed by atoms with Crippen LogP contribution in [0.1, 0.15) is 11.1 Å². The van der Waals surface area contributed by atoms with Crippen molar-refractivity contribution in [2.45, 2.75) is 0 Å². The van der Waals surface area contributed by atoms with Crippen LogP contribution < -0.4 is 10.6 Å². The molecule has 1 aliphatic rings. The summed E-state index contributed by atoms with van der Waals surface area (Å²) in [5.41, 5.74) is 3.90. The normalized spacial score (nSPS) is 14.0. The highest BCUT2D eigenvalue weighted by molar-refractivity contribution is 6.38. The fraction of sp³-hybridized carbons (Fsp3) is 0.0476. The lowest BCUT2D eigenvalue weighted by Gasteiger charge is -2.10. The summed E-state index contributed by atoms with van der Waals surface area (Å²) in [5, 5.41) is 6.45. The average Bonchev–Trinajstić information content (AvgIpc) is 3.12. The minimum atomic E-state index is -0.434. The van der Waals surface area contributed by atoms with E-state index in [-0.39, 0.29) is 5.70 Å². The zero-order chi connectivity index (χ0) is 18.3. The summed E-state index contributed by atoms with van der Waals surface area (Å²) in [5.74, 6) is -0.832. The van der Waals surface area contributed by atoms with E-state index in [0.29, 0.717) is 5.57 Å². The first-order valence-electron chi connectivity index (χ1n) is 8.23. The van der Waals surface area contributed by atoms with Crippen molar-refractivity contribution in [2.75, 3.05) is 5.32 Å². The van der Waals surface area contributed by atoms with Crippen molar-refractivity contribution in [2.24, 2.45) is 7.05 Å². The van der Waals surface area contributed by atoms with Gasteiger partial charge < -0.3 is 9.88 Å². The van der Waals surface area contributed by atoms with E-state index in [2.05, 4.69) is 17.2 Å². The van der Waals surface area contributed by atoms with Crippen LogP contribution in [-0.4, -0.2) is 16.4 Å². The predicted octanol–water partition coefficient (Wildman–Crippen LogP) is 3.30. The Morgan fingerprint density at radius 3 is 2.58 bits per heavy atom. The highest BCUT2D eigenvalue weighted by Crippen LogP contribution is 2.32. The van der Waals surface area contributed by atoms with E-state index < -0.39 is 11.8 Å². The Kier molecular flexibility index (Phi) is 3.69. The molecule has 26 heavy (non-hydrogen) atoms. The summed E-state index contributed by atoms with van der Waals surface area (Å²) in [6.45, 7) is 3.79. The molecule has 0 aliphatic carbocycles. The second kappa shape index (κ2) is 6.04. The summed E-state index contributed by atoms with van der Waals surface area (Å²) in [6.07, 6.45) is 3.58. The van der Waals surface area contributed by atoms with E-state index in [1.807, 2.05) is 66.3 Å². The number of para-hydroxylation sites is 2. The highest BCUT2D eigenvalue weighted by atomic mass is 16.2. The van der Waals surface area contributed by atoms with E-state index in [1.54, 1.807) is 6.08 Å². The third-order valence-corrected chi connectivity index (χ3v) is 4.54. The van der Waals surface area contributed by atoms with Crippen LogP contribution in [0.25, 0.3) is 22.6 Å². The maximum Gasteiger partial charge on any atom is 0.275 e. The number of nitrogens with zero attached hydrogens (tertiary/aromatic N) is 1. The number of hydrogen-bond acceptors (Lipinski definition) is 3. The maximum absolute atomic E-state index is 12.5. The number of rotatable bonds is 4. The smallest absolute Gasteiger partial charge is 0.275 e. The largest absolute Gasteiger partial charge is 0.350 e. The molecule has 1 aromatic heterocycles. The lowest BCUT2D eigenvalue weighted by atomic mass is 10.0.